The summed E-state index contributed by atoms with van der Waals surface area (Å²) in [5.74, 6) is 1.32. The van der Waals surface area contributed by atoms with Crippen molar-refractivity contribution in [2.24, 2.45) is 5.92 Å². The van der Waals surface area contributed by atoms with E-state index in [0.717, 1.165) is 6.42 Å². The lowest BCUT2D eigenvalue weighted by Gasteiger charge is -2.07. The van der Waals surface area contributed by atoms with Gasteiger partial charge in [0.05, 0.1) is 18.9 Å². The average Bonchev–Trinajstić information content (AvgIpc) is 2.24. The van der Waals surface area contributed by atoms with Crippen molar-refractivity contribution < 1.29 is 9.84 Å². The molecule has 0 unspecified atom stereocenters. The van der Waals surface area contributed by atoms with Crippen LogP contribution < -0.4 is 4.74 Å². The average molecular weight is 209 g/mol. The van der Waals surface area contributed by atoms with Crippen LogP contribution in [0.1, 0.15) is 32.4 Å². The molecule has 84 valence electrons. The summed E-state index contributed by atoms with van der Waals surface area (Å²) in [5.41, 5.74) is 0.649. The molecule has 15 heavy (non-hydrogen) atoms. The van der Waals surface area contributed by atoms with E-state index in [0.29, 0.717) is 24.1 Å². The summed E-state index contributed by atoms with van der Waals surface area (Å²) < 4.78 is 5.48. The van der Waals surface area contributed by atoms with Crippen LogP contribution in [-0.2, 0) is 6.61 Å². The molecule has 0 saturated heterocycles. The molecule has 0 spiro atoms. The molecule has 3 heteroatoms. The van der Waals surface area contributed by atoms with Crippen LogP contribution in [0.15, 0.2) is 18.2 Å². The third-order valence-corrected chi connectivity index (χ3v) is 2.12. The van der Waals surface area contributed by atoms with Crippen molar-refractivity contribution in [1.29, 1.82) is 0 Å². The van der Waals surface area contributed by atoms with Crippen molar-refractivity contribution in [2.75, 3.05) is 6.61 Å². The summed E-state index contributed by atoms with van der Waals surface area (Å²) in [7, 11) is 0. The third-order valence-electron chi connectivity index (χ3n) is 2.12. The van der Waals surface area contributed by atoms with E-state index < -0.39 is 0 Å². The molecule has 1 N–H and O–H groups in total. The number of ether oxygens (including phenoxy) is 1. The van der Waals surface area contributed by atoms with Gasteiger partial charge in [0.25, 0.3) is 0 Å². The van der Waals surface area contributed by atoms with Gasteiger partial charge in [-0.1, -0.05) is 19.9 Å². The van der Waals surface area contributed by atoms with Crippen molar-refractivity contribution in [3.63, 3.8) is 0 Å². The molecule has 1 aromatic heterocycles. The number of hydrogen-bond donors (Lipinski definition) is 1. The lowest BCUT2D eigenvalue weighted by molar-refractivity contribution is 0.265. The quantitative estimate of drug-likeness (QED) is 0.731. The summed E-state index contributed by atoms with van der Waals surface area (Å²) in [5, 5.41) is 8.89. The second-order valence-electron chi connectivity index (χ2n) is 4.01. The van der Waals surface area contributed by atoms with Crippen molar-refractivity contribution >= 4 is 0 Å². The van der Waals surface area contributed by atoms with E-state index in [2.05, 4.69) is 18.8 Å². The van der Waals surface area contributed by atoms with Crippen LogP contribution in [0.4, 0.5) is 0 Å². The molecule has 0 bridgehead atoms. The second-order valence-corrected chi connectivity index (χ2v) is 4.01. The summed E-state index contributed by atoms with van der Waals surface area (Å²) in [6.45, 7) is 5.05. The maximum absolute atomic E-state index is 8.89. The van der Waals surface area contributed by atoms with Crippen LogP contribution in [0.3, 0.4) is 0 Å². The van der Waals surface area contributed by atoms with Crippen LogP contribution in [0.5, 0.6) is 5.88 Å². The van der Waals surface area contributed by atoms with Crippen LogP contribution in [0.25, 0.3) is 0 Å². The summed E-state index contributed by atoms with van der Waals surface area (Å²) >= 11 is 0. The van der Waals surface area contributed by atoms with Crippen molar-refractivity contribution in [3.8, 4) is 5.88 Å². The van der Waals surface area contributed by atoms with Gasteiger partial charge in [0, 0.05) is 6.07 Å². The Labute approximate surface area is 91.1 Å². The summed E-state index contributed by atoms with van der Waals surface area (Å²) in [6.07, 6.45) is 2.21. The van der Waals surface area contributed by atoms with Gasteiger partial charge in [-0.3, -0.25) is 0 Å². The molecule has 0 radical (unpaired) electrons. The molecule has 0 fully saturated rings. The van der Waals surface area contributed by atoms with E-state index in [1.54, 1.807) is 6.07 Å². The second kappa shape index (κ2) is 6.40. The van der Waals surface area contributed by atoms with Crippen LogP contribution >= 0.6 is 0 Å². The van der Waals surface area contributed by atoms with E-state index in [-0.39, 0.29) is 6.61 Å². The Balaban J connectivity index is 2.30. The van der Waals surface area contributed by atoms with Crippen LogP contribution in [0, 0.1) is 5.92 Å². The number of aliphatic hydroxyl groups excluding tert-OH is 1. The topological polar surface area (TPSA) is 42.4 Å². The van der Waals surface area contributed by atoms with Crippen molar-refractivity contribution in [2.45, 2.75) is 33.3 Å². The van der Waals surface area contributed by atoms with Crippen molar-refractivity contribution in [1.82, 2.24) is 4.98 Å². The standard InChI is InChI=1S/C12H19NO2/c1-10(2)5-4-8-15-12-7-3-6-11(9-14)13-12/h3,6-7,10,14H,4-5,8-9H2,1-2H3. The lowest BCUT2D eigenvalue weighted by Crippen LogP contribution is -2.02. The molecule has 0 amide bonds. The number of aromatic nitrogens is 1. The molecule has 0 aliphatic carbocycles. The first-order valence-electron chi connectivity index (χ1n) is 5.42. The van der Waals surface area contributed by atoms with E-state index in [4.69, 9.17) is 9.84 Å². The number of pyridine rings is 1. The van der Waals surface area contributed by atoms with Crippen LogP contribution in [-0.4, -0.2) is 16.7 Å². The Hall–Kier alpha value is -1.09. The van der Waals surface area contributed by atoms with Gasteiger partial charge in [-0.05, 0) is 24.8 Å². The number of rotatable bonds is 6. The molecule has 3 nitrogen and oxygen atoms in total. The van der Waals surface area contributed by atoms with E-state index in [1.807, 2.05) is 12.1 Å². The molecule has 0 atom stereocenters. The Bertz CT molecular complexity index is 287. The van der Waals surface area contributed by atoms with Gasteiger partial charge in [-0.2, -0.15) is 0 Å². The fourth-order valence-electron chi connectivity index (χ4n) is 1.29. The normalized spacial score (nSPS) is 10.7. The first-order chi connectivity index (χ1) is 7.22. The van der Waals surface area contributed by atoms with Gasteiger partial charge in [0.1, 0.15) is 0 Å². The number of aliphatic hydroxyl groups is 1. The monoisotopic (exact) mass is 209 g/mol. The molecule has 1 heterocycles. The number of nitrogens with zero attached hydrogens (tertiary/aromatic N) is 1. The fraction of sp³-hybridized carbons (Fsp3) is 0.583. The number of hydrogen-bond acceptors (Lipinski definition) is 3. The Kier molecular flexibility index (Phi) is 5.12. The van der Waals surface area contributed by atoms with Crippen molar-refractivity contribution in [3.05, 3.63) is 23.9 Å². The van der Waals surface area contributed by atoms with E-state index in [1.165, 1.54) is 6.42 Å². The molecular formula is C12H19NO2. The Morgan fingerprint density at radius 2 is 2.20 bits per heavy atom. The zero-order chi connectivity index (χ0) is 11.1. The van der Waals surface area contributed by atoms with Gasteiger partial charge in [0.15, 0.2) is 0 Å². The Morgan fingerprint density at radius 3 is 2.87 bits per heavy atom. The highest BCUT2D eigenvalue weighted by atomic mass is 16.5. The molecule has 1 rings (SSSR count). The Morgan fingerprint density at radius 1 is 1.40 bits per heavy atom. The maximum Gasteiger partial charge on any atom is 0.213 e. The molecule has 0 aliphatic heterocycles. The lowest BCUT2D eigenvalue weighted by atomic mass is 10.1. The zero-order valence-corrected chi connectivity index (χ0v) is 9.44. The van der Waals surface area contributed by atoms with Gasteiger partial charge in [-0.15, -0.1) is 0 Å². The molecule has 0 saturated carbocycles. The predicted molar refractivity (Wildman–Crippen MR) is 59.7 cm³/mol. The summed E-state index contributed by atoms with van der Waals surface area (Å²) in [4.78, 5) is 4.14. The maximum atomic E-state index is 8.89. The molecule has 1 aromatic rings. The molecule has 0 aliphatic rings. The van der Waals surface area contributed by atoms with Gasteiger partial charge < -0.3 is 9.84 Å². The molecular weight excluding hydrogens is 190 g/mol. The first kappa shape index (κ1) is 12.0. The summed E-state index contributed by atoms with van der Waals surface area (Å²) in [6, 6.07) is 5.44. The molecule has 0 aromatic carbocycles. The predicted octanol–water partition coefficient (Wildman–Crippen LogP) is 2.39. The smallest absolute Gasteiger partial charge is 0.213 e. The first-order valence-corrected chi connectivity index (χ1v) is 5.42. The third kappa shape index (κ3) is 4.79. The highest BCUT2D eigenvalue weighted by Gasteiger charge is 1.98. The minimum atomic E-state index is -0.0385. The minimum Gasteiger partial charge on any atom is -0.478 e. The van der Waals surface area contributed by atoms with E-state index in [9.17, 15) is 0 Å². The van der Waals surface area contributed by atoms with Gasteiger partial charge >= 0.3 is 0 Å². The van der Waals surface area contributed by atoms with Gasteiger partial charge in [-0.25, -0.2) is 4.98 Å². The van der Waals surface area contributed by atoms with Gasteiger partial charge in [0.2, 0.25) is 5.88 Å². The van der Waals surface area contributed by atoms with Crippen LogP contribution in [0.2, 0.25) is 0 Å². The SMILES string of the molecule is CC(C)CCCOc1cccc(CO)n1. The highest BCUT2D eigenvalue weighted by molar-refractivity contribution is 5.15. The largest absolute Gasteiger partial charge is 0.478 e. The highest BCUT2D eigenvalue weighted by Crippen LogP contribution is 2.09. The fourth-order valence-corrected chi connectivity index (χ4v) is 1.29. The zero-order valence-electron chi connectivity index (χ0n) is 9.44. The minimum absolute atomic E-state index is 0.0385. The van der Waals surface area contributed by atoms with E-state index >= 15 is 0 Å².